The Hall–Kier alpha value is -2.73. The topological polar surface area (TPSA) is 88.3 Å². The van der Waals surface area contributed by atoms with Crippen molar-refractivity contribution < 1.29 is 9.59 Å². The van der Waals surface area contributed by atoms with Crippen LogP contribution in [0.5, 0.6) is 0 Å². The van der Waals surface area contributed by atoms with Crippen LogP contribution >= 0.6 is 0 Å². The third-order valence-corrected chi connectivity index (χ3v) is 4.29. The van der Waals surface area contributed by atoms with Crippen molar-refractivity contribution in [2.24, 2.45) is 5.73 Å². The van der Waals surface area contributed by atoms with Crippen molar-refractivity contribution in [2.75, 3.05) is 19.6 Å². The van der Waals surface area contributed by atoms with Crippen molar-refractivity contribution >= 4 is 11.8 Å². The second kappa shape index (κ2) is 6.80. The number of carbonyl (C=O) groups excluding carboxylic acids is 2. The summed E-state index contributed by atoms with van der Waals surface area (Å²) < 4.78 is 0. The average Bonchev–Trinajstić information content (AvgIpc) is 2.61. The van der Waals surface area contributed by atoms with Gasteiger partial charge in [-0.15, -0.1) is 0 Å². The molecule has 24 heavy (non-hydrogen) atoms. The number of amides is 2. The molecule has 1 unspecified atom stereocenters. The van der Waals surface area contributed by atoms with Crippen LogP contribution < -0.4 is 11.1 Å². The molecule has 1 atom stereocenters. The molecule has 2 aromatic rings. The van der Waals surface area contributed by atoms with Crippen molar-refractivity contribution in [3.63, 3.8) is 0 Å². The van der Waals surface area contributed by atoms with E-state index < -0.39 is 5.91 Å². The predicted molar refractivity (Wildman–Crippen MR) is 90.6 cm³/mol. The normalized spacial score (nSPS) is 17.5. The highest BCUT2D eigenvalue weighted by Crippen LogP contribution is 2.21. The highest BCUT2D eigenvalue weighted by Gasteiger charge is 2.26. The van der Waals surface area contributed by atoms with Gasteiger partial charge in [-0.25, -0.2) is 0 Å². The molecule has 1 aromatic carbocycles. The SMILES string of the molecule is Cc1ccccc1C1CN(C(=O)c2ccc(C(N)=O)cn2)CCN1. The van der Waals surface area contributed by atoms with E-state index in [1.807, 2.05) is 12.1 Å². The maximum absolute atomic E-state index is 12.7. The molecule has 1 aliphatic heterocycles. The lowest BCUT2D eigenvalue weighted by atomic mass is 9.99. The molecule has 0 bridgehead atoms. The van der Waals surface area contributed by atoms with E-state index in [0.717, 1.165) is 6.54 Å². The van der Waals surface area contributed by atoms with Gasteiger partial charge in [-0.3, -0.25) is 14.6 Å². The summed E-state index contributed by atoms with van der Waals surface area (Å²) in [5.41, 5.74) is 8.22. The van der Waals surface area contributed by atoms with Gasteiger partial charge in [0.2, 0.25) is 5.91 Å². The number of nitrogens with two attached hydrogens (primary N) is 1. The zero-order valence-electron chi connectivity index (χ0n) is 13.5. The number of benzene rings is 1. The first-order valence-corrected chi connectivity index (χ1v) is 7.90. The lowest BCUT2D eigenvalue weighted by molar-refractivity contribution is 0.0696. The van der Waals surface area contributed by atoms with Gasteiger partial charge in [0, 0.05) is 25.8 Å². The highest BCUT2D eigenvalue weighted by molar-refractivity contribution is 5.95. The van der Waals surface area contributed by atoms with Gasteiger partial charge < -0.3 is 16.0 Å². The minimum absolute atomic E-state index is 0.105. The van der Waals surface area contributed by atoms with Crippen LogP contribution in [-0.4, -0.2) is 41.3 Å². The molecular formula is C18H20N4O2. The van der Waals surface area contributed by atoms with E-state index >= 15 is 0 Å². The van der Waals surface area contributed by atoms with E-state index in [4.69, 9.17) is 5.73 Å². The smallest absolute Gasteiger partial charge is 0.272 e. The van der Waals surface area contributed by atoms with Gasteiger partial charge >= 0.3 is 0 Å². The minimum atomic E-state index is -0.553. The summed E-state index contributed by atoms with van der Waals surface area (Å²) in [6, 6.07) is 11.4. The Balaban J connectivity index is 1.75. The van der Waals surface area contributed by atoms with Crippen molar-refractivity contribution in [2.45, 2.75) is 13.0 Å². The summed E-state index contributed by atoms with van der Waals surface area (Å²) in [6.07, 6.45) is 1.34. The lowest BCUT2D eigenvalue weighted by Gasteiger charge is -2.34. The largest absolute Gasteiger partial charge is 0.366 e. The summed E-state index contributed by atoms with van der Waals surface area (Å²) >= 11 is 0. The van der Waals surface area contributed by atoms with Crippen LogP contribution in [0.1, 0.15) is 38.0 Å². The van der Waals surface area contributed by atoms with E-state index in [1.165, 1.54) is 23.4 Å². The Morgan fingerprint density at radius 2 is 2.04 bits per heavy atom. The van der Waals surface area contributed by atoms with Crippen molar-refractivity contribution in [1.82, 2.24) is 15.2 Å². The quantitative estimate of drug-likeness (QED) is 0.890. The molecular weight excluding hydrogens is 304 g/mol. The maximum atomic E-state index is 12.7. The molecule has 1 aromatic heterocycles. The Labute approximate surface area is 140 Å². The fourth-order valence-corrected chi connectivity index (χ4v) is 2.95. The average molecular weight is 324 g/mol. The molecule has 6 heteroatoms. The minimum Gasteiger partial charge on any atom is -0.366 e. The number of primary amides is 1. The Kier molecular flexibility index (Phi) is 4.57. The zero-order valence-corrected chi connectivity index (χ0v) is 13.5. The molecule has 2 amide bonds. The highest BCUT2D eigenvalue weighted by atomic mass is 16.2. The summed E-state index contributed by atoms with van der Waals surface area (Å²) in [5, 5.41) is 3.46. The number of nitrogens with zero attached hydrogens (tertiary/aromatic N) is 2. The van der Waals surface area contributed by atoms with E-state index in [-0.39, 0.29) is 11.9 Å². The number of hydrogen-bond donors (Lipinski definition) is 2. The number of hydrogen-bond acceptors (Lipinski definition) is 4. The number of pyridine rings is 1. The molecule has 0 spiro atoms. The molecule has 1 fully saturated rings. The van der Waals surface area contributed by atoms with Crippen LogP contribution in [0, 0.1) is 6.92 Å². The zero-order chi connectivity index (χ0) is 17.1. The Morgan fingerprint density at radius 1 is 1.25 bits per heavy atom. The molecule has 3 rings (SSSR count). The standard InChI is InChI=1S/C18H20N4O2/c1-12-4-2-3-5-14(12)16-11-22(9-8-20-16)18(24)15-7-6-13(10-21-15)17(19)23/h2-7,10,16,20H,8-9,11H2,1H3,(H2,19,23). The molecule has 2 heterocycles. The number of piperazine rings is 1. The molecule has 0 saturated carbocycles. The van der Waals surface area contributed by atoms with Gasteiger partial charge in [-0.1, -0.05) is 24.3 Å². The number of aryl methyl sites for hydroxylation is 1. The van der Waals surface area contributed by atoms with Crippen LogP contribution in [0.3, 0.4) is 0 Å². The van der Waals surface area contributed by atoms with Crippen molar-refractivity contribution in [3.05, 3.63) is 65.0 Å². The second-order valence-electron chi connectivity index (χ2n) is 5.91. The van der Waals surface area contributed by atoms with Gasteiger partial charge in [0.1, 0.15) is 5.69 Å². The van der Waals surface area contributed by atoms with E-state index in [9.17, 15) is 9.59 Å². The second-order valence-corrected chi connectivity index (χ2v) is 5.91. The number of rotatable bonds is 3. The van der Waals surface area contributed by atoms with Crippen LogP contribution in [0.2, 0.25) is 0 Å². The summed E-state index contributed by atoms with van der Waals surface area (Å²) in [4.78, 5) is 29.6. The third-order valence-electron chi connectivity index (χ3n) is 4.29. The van der Waals surface area contributed by atoms with E-state index in [0.29, 0.717) is 24.3 Å². The Morgan fingerprint density at radius 3 is 2.71 bits per heavy atom. The van der Waals surface area contributed by atoms with Gasteiger partial charge in [-0.2, -0.15) is 0 Å². The predicted octanol–water partition coefficient (Wildman–Crippen LogP) is 1.28. The number of nitrogens with one attached hydrogen (secondary N) is 1. The molecule has 6 nitrogen and oxygen atoms in total. The van der Waals surface area contributed by atoms with E-state index in [1.54, 1.807) is 11.0 Å². The van der Waals surface area contributed by atoms with Crippen molar-refractivity contribution in [1.29, 1.82) is 0 Å². The molecule has 0 radical (unpaired) electrons. The lowest BCUT2D eigenvalue weighted by Crippen LogP contribution is -2.48. The number of carbonyl (C=O) groups is 2. The summed E-state index contributed by atoms with van der Waals surface area (Å²) in [6.45, 7) is 4.01. The third kappa shape index (κ3) is 3.28. The van der Waals surface area contributed by atoms with Crippen LogP contribution in [0.25, 0.3) is 0 Å². The van der Waals surface area contributed by atoms with E-state index in [2.05, 4.69) is 29.4 Å². The van der Waals surface area contributed by atoms with Gasteiger partial charge in [0.05, 0.1) is 11.6 Å². The first-order chi connectivity index (χ1) is 11.6. The monoisotopic (exact) mass is 324 g/mol. The number of aromatic nitrogens is 1. The molecule has 1 saturated heterocycles. The molecule has 124 valence electrons. The van der Waals surface area contributed by atoms with Crippen LogP contribution in [-0.2, 0) is 0 Å². The first kappa shape index (κ1) is 16.1. The van der Waals surface area contributed by atoms with Crippen LogP contribution in [0.15, 0.2) is 42.6 Å². The molecule has 3 N–H and O–H groups in total. The fraction of sp³-hybridized carbons (Fsp3) is 0.278. The van der Waals surface area contributed by atoms with Gasteiger partial charge in [0.25, 0.3) is 5.91 Å². The van der Waals surface area contributed by atoms with Gasteiger partial charge in [0.15, 0.2) is 0 Å². The van der Waals surface area contributed by atoms with Gasteiger partial charge in [-0.05, 0) is 30.2 Å². The summed E-state index contributed by atoms with van der Waals surface area (Å²) in [5.74, 6) is -0.686. The molecule has 1 aliphatic rings. The van der Waals surface area contributed by atoms with Crippen molar-refractivity contribution in [3.8, 4) is 0 Å². The fourth-order valence-electron chi connectivity index (χ4n) is 2.95. The first-order valence-electron chi connectivity index (χ1n) is 7.90. The Bertz CT molecular complexity index is 758. The maximum Gasteiger partial charge on any atom is 0.272 e. The molecule has 0 aliphatic carbocycles. The summed E-state index contributed by atoms with van der Waals surface area (Å²) in [7, 11) is 0. The van der Waals surface area contributed by atoms with Crippen LogP contribution in [0.4, 0.5) is 0 Å².